The number of halogens is 3. The van der Waals surface area contributed by atoms with Crippen molar-refractivity contribution in [1.82, 2.24) is 4.98 Å². The number of nitrogens with zero attached hydrogens (tertiary/aromatic N) is 3. The molecular weight excluding hydrogens is 513 g/mol. The Morgan fingerprint density at radius 1 is 1.03 bits per heavy atom. The maximum Gasteiger partial charge on any atom is 0.416 e. The molecule has 0 bridgehead atoms. The van der Waals surface area contributed by atoms with Crippen molar-refractivity contribution >= 4 is 29.0 Å². The summed E-state index contributed by atoms with van der Waals surface area (Å²) in [6, 6.07) is 15.3. The third-order valence-electron chi connectivity index (χ3n) is 6.37. The summed E-state index contributed by atoms with van der Waals surface area (Å²) in [6.07, 6.45) is -5.21. The summed E-state index contributed by atoms with van der Waals surface area (Å²) in [7, 11) is 1.76. The number of nitrogens with two attached hydrogens (primary N) is 1. The summed E-state index contributed by atoms with van der Waals surface area (Å²) >= 11 is 1.53. The number of hydroxylamine groups is 1. The smallest absolute Gasteiger partial charge is 0.364 e. The number of hydrogen-bond donors (Lipinski definition) is 1. The van der Waals surface area contributed by atoms with Gasteiger partial charge in [0.15, 0.2) is 6.17 Å². The molecule has 4 rings (SSSR count). The lowest BCUT2D eigenvalue weighted by molar-refractivity contribution is -0.137. The highest BCUT2D eigenvalue weighted by molar-refractivity contribution is 7.98. The molecule has 0 saturated carbocycles. The first-order chi connectivity index (χ1) is 17.8. The lowest BCUT2D eigenvalue weighted by Gasteiger charge is -2.30. The van der Waals surface area contributed by atoms with Gasteiger partial charge in [-0.1, -0.05) is 45.0 Å². The van der Waals surface area contributed by atoms with Crippen molar-refractivity contribution < 1.29 is 22.8 Å². The van der Waals surface area contributed by atoms with Crippen LogP contribution in [-0.4, -0.2) is 24.5 Å². The van der Waals surface area contributed by atoms with Gasteiger partial charge < -0.3 is 10.6 Å². The van der Waals surface area contributed by atoms with E-state index in [0.717, 1.165) is 22.6 Å². The zero-order valence-electron chi connectivity index (χ0n) is 22.0. The molecule has 202 valence electrons. The van der Waals surface area contributed by atoms with E-state index >= 15 is 0 Å². The van der Waals surface area contributed by atoms with Crippen molar-refractivity contribution in [2.75, 3.05) is 23.6 Å². The summed E-state index contributed by atoms with van der Waals surface area (Å²) in [5, 5.41) is 1.43. The monoisotopic (exact) mass is 544 g/mol. The molecule has 0 radical (unpaired) electrons. The molecule has 0 aliphatic carbocycles. The van der Waals surface area contributed by atoms with Gasteiger partial charge in [-0.25, -0.2) is 10.0 Å². The van der Waals surface area contributed by atoms with E-state index in [9.17, 15) is 18.0 Å². The lowest BCUT2D eigenvalue weighted by atomic mass is 9.87. The van der Waals surface area contributed by atoms with Crippen molar-refractivity contribution in [3.05, 3.63) is 82.7 Å². The Kier molecular flexibility index (Phi) is 7.67. The number of carbonyl (C=O) groups is 1. The van der Waals surface area contributed by atoms with E-state index in [1.54, 1.807) is 31.0 Å². The Morgan fingerprint density at radius 3 is 2.26 bits per heavy atom. The molecule has 2 aromatic carbocycles. The second-order valence-corrected chi connectivity index (χ2v) is 11.1. The van der Waals surface area contributed by atoms with Crippen LogP contribution in [0.1, 0.15) is 66.7 Å². The molecular formula is C28H31F3N4O2S. The van der Waals surface area contributed by atoms with Crippen LogP contribution in [0.4, 0.5) is 24.5 Å². The molecule has 0 fully saturated rings. The predicted octanol–water partition coefficient (Wildman–Crippen LogP) is 6.70. The van der Waals surface area contributed by atoms with Crippen LogP contribution < -0.4 is 15.7 Å². The summed E-state index contributed by atoms with van der Waals surface area (Å²) in [4.78, 5) is 25.0. The highest BCUT2D eigenvalue weighted by Crippen LogP contribution is 2.49. The molecule has 2 heterocycles. The molecule has 6 nitrogen and oxygen atoms in total. The Bertz CT molecular complexity index is 1320. The number of rotatable bonds is 7. The second kappa shape index (κ2) is 10.5. The maximum atomic E-state index is 13.5. The van der Waals surface area contributed by atoms with E-state index in [0.29, 0.717) is 17.1 Å². The maximum absolute atomic E-state index is 13.5. The molecule has 1 atom stereocenters. The van der Waals surface area contributed by atoms with E-state index in [1.807, 2.05) is 0 Å². The van der Waals surface area contributed by atoms with Gasteiger partial charge in [0.2, 0.25) is 0 Å². The van der Waals surface area contributed by atoms with E-state index < -0.39 is 23.8 Å². The van der Waals surface area contributed by atoms with Crippen LogP contribution in [0.5, 0.6) is 0 Å². The van der Waals surface area contributed by atoms with Gasteiger partial charge in [0.25, 0.3) is 5.91 Å². The molecule has 10 heteroatoms. The minimum Gasteiger partial charge on any atom is -0.364 e. The summed E-state index contributed by atoms with van der Waals surface area (Å²) < 4.78 is 40.5. The minimum atomic E-state index is -4.50. The molecule has 0 spiro atoms. The predicted molar refractivity (Wildman–Crippen MR) is 144 cm³/mol. The highest BCUT2D eigenvalue weighted by Gasteiger charge is 2.41. The Balaban J connectivity index is 1.72. The first-order valence-electron chi connectivity index (χ1n) is 12.2. The van der Waals surface area contributed by atoms with Crippen LogP contribution in [0.15, 0.2) is 59.5 Å². The molecule has 1 aromatic heterocycles. The highest BCUT2D eigenvalue weighted by atomic mass is 32.2. The van der Waals surface area contributed by atoms with Crippen molar-refractivity contribution in [2.45, 2.75) is 56.1 Å². The van der Waals surface area contributed by atoms with Crippen LogP contribution in [0, 0.1) is 0 Å². The van der Waals surface area contributed by atoms with Crippen LogP contribution in [-0.2, 0) is 22.2 Å². The number of thioether (sulfide) groups is 1. The fraction of sp³-hybridized carbons (Fsp3) is 0.357. The summed E-state index contributed by atoms with van der Waals surface area (Å²) in [5.41, 5.74) is 8.50. The zero-order chi connectivity index (χ0) is 27.8. The number of benzene rings is 2. The summed E-state index contributed by atoms with van der Waals surface area (Å²) in [5.74, 6) is -0.0633. The van der Waals surface area contributed by atoms with E-state index in [2.05, 4.69) is 50.0 Å². The quantitative estimate of drug-likeness (QED) is 0.334. The van der Waals surface area contributed by atoms with Gasteiger partial charge in [0.1, 0.15) is 11.4 Å². The third-order valence-corrected chi connectivity index (χ3v) is 7.51. The number of pyridine rings is 1. The number of alkyl halides is 3. The van der Waals surface area contributed by atoms with E-state index in [1.165, 1.54) is 28.5 Å². The topological polar surface area (TPSA) is 71.7 Å². The van der Waals surface area contributed by atoms with Crippen molar-refractivity contribution in [2.24, 2.45) is 5.73 Å². The molecule has 38 heavy (non-hydrogen) atoms. The lowest BCUT2D eigenvalue weighted by Crippen LogP contribution is -2.35. The molecule has 2 N–H and O–H groups in total. The molecule has 1 aliphatic heterocycles. The number of primary amides is 1. The Labute approximate surface area is 224 Å². The molecule has 1 aliphatic rings. The van der Waals surface area contributed by atoms with Crippen molar-refractivity contribution in [1.29, 1.82) is 0 Å². The van der Waals surface area contributed by atoms with Gasteiger partial charge in [-0.05, 0) is 53.8 Å². The first kappa shape index (κ1) is 27.8. The van der Waals surface area contributed by atoms with Gasteiger partial charge in [0.05, 0.1) is 23.5 Å². The van der Waals surface area contributed by atoms with Gasteiger partial charge >= 0.3 is 6.18 Å². The Hall–Kier alpha value is -3.24. The number of carbonyl (C=O) groups excluding carboxylic acids is 1. The van der Waals surface area contributed by atoms with Gasteiger partial charge in [-0.15, -0.1) is 11.8 Å². The molecule has 1 amide bonds. The van der Waals surface area contributed by atoms with Crippen LogP contribution in [0.25, 0.3) is 0 Å². The second-order valence-electron chi connectivity index (χ2n) is 10.1. The van der Waals surface area contributed by atoms with E-state index in [4.69, 9.17) is 10.6 Å². The summed E-state index contributed by atoms with van der Waals surface area (Å²) in [6.45, 7) is 8.46. The average Bonchev–Trinajstić information content (AvgIpc) is 3.12. The van der Waals surface area contributed by atoms with Gasteiger partial charge in [0, 0.05) is 17.7 Å². The standard InChI is InChI=1S/C28H31F3N4O2S/c1-6-37-35-22-15-19(28(29,30)31)11-13-21(22)34(5)26(35)24-23(14-12-20(33-24)25(32)36)38-16-17-7-9-18(10-8-17)27(2,3)4/h7-15,26H,6,16H2,1-5H3,(H2,32,36). The van der Waals surface area contributed by atoms with Gasteiger partial charge in [-0.2, -0.15) is 13.2 Å². The fourth-order valence-electron chi connectivity index (χ4n) is 4.34. The largest absolute Gasteiger partial charge is 0.416 e. The normalized spacial score (nSPS) is 15.6. The third kappa shape index (κ3) is 5.61. The first-order valence-corrected chi connectivity index (χ1v) is 13.2. The molecule has 1 unspecified atom stereocenters. The molecule has 3 aromatic rings. The van der Waals surface area contributed by atoms with Crippen LogP contribution in [0.3, 0.4) is 0 Å². The number of fused-ring (bicyclic) bond motifs is 1. The van der Waals surface area contributed by atoms with Gasteiger partial charge in [-0.3, -0.25) is 9.63 Å². The van der Waals surface area contributed by atoms with Crippen molar-refractivity contribution in [3.63, 3.8) is 0 Å². The number of aromatic nitrogens is 1. The van der Waals surface area contributed by atoms with Crippen molar-refractivity contribution in [3.8, 4) is 0 Å². The number of hydrogen-bond acceptors (Lipinski definition) is 6. The zero-order valence-corrected chi connectivity index (χ0v) is 22.8. The Morgan fingerprint density at radius 2 is 1.68 bits per heavy atom. The molecule has 0 saturated heterocycles. The number of amides is 1. The van der Waals surface area contributed by atoms with Crippen LogP contribution in [0.2, 0.25) is 0 Å². The average molecular weight is 545 g/mol. The minimum absolute atomic E-state index is 0.0458. The number of anilines is 2. The van der Waals surface area contributed by atoms with Crippen LogP contribution >= 0.6 is 11.8 Å². The van der Waals surface area contributed by atoms with E-state index in [-0.39, 0.29) is 23.4 Å². The SMILES string of the molecule is CCON1c2cc(C(F)(F)F)ccc2N(C)C1c1nc(C(N)=O)ccc1SCc1ccc(C(C)(C)C)cc1. The fourth-order valence-corrected chi connectivity index (χ4v) is 5.32.